The third-order valence-corrected chi connectivity index (χ3v) is 4.24. The van der Waals surface area contributed by atoms with Gasteiger partial charge in [0.15, 0.2) is 0 Å². The van der Waals surface area contributed by atoms with Gasteiger partial charge in [-0.1, -0.05) is 42.8 Å². The van der Waals surface area contributed by atoms with Gasteiger partial charge in [-0.15, -0.1) is 0 Å². The van der Waals surface area contributed by atoms with E-state index in [1.54, 1.807) is 0 Å². The van der Waals surface area contributed by atoms with Gasteiger partial charge in [-0.05, 0) is 62.3 Å². The molecule has 0 amide bonds. The third kappa shape index (κ3) is 5.04. The smallest absolute Gasteiger partial charge is 0.119 e. The number of likely N-dealkylation sites (N-methyl/N-ethyl adjacent to an activating group) is 1. The largest absolute Gasteiger partial charge is 0.489 e. The monoisotopic (exact) mass is 317 g/mol. The number of halogens is 1. The molecule has 0 radical (unpaired) electrons. The molecule has 2 aromatic carbocycles. The van der Waals surface area contributed by atoms with Crippen molar-refractivity contribution in [2.45, 2.75) is 32.9 Å². The normalized spacial score (nSPS) is 12.4. The van der Waals surface area contributed by atoms with Crippen LogP contribution in [0.1, 0.15) is 25.0 Å². The second-order valence-electron chi connectivity index (χ2n) is 5.69. The molecule has 22 heavy (non-hydrogen) atoms. The van der Waals surface area contributed by atoms with Crippen LogP contribution in [0.5, 0.6) is 5.75 Å². The minimum absolute atomic E-state index is 0.537. The molecule has 0 aliphatic carbocycles. The second kappa shape index (κ2) is 8.21. The van der Waals surface area contributed by atoms with Crippen LogP contribution in [-0.4, -0.2) is 24.5 Å². The van der Waals surface area contributed by atoms with Gasteiger partial charge in [0.05, 0.1) is 0 Å². The molecule has 1 atom stereocenters. The molecular weight excluding hydrogens is 294 g/mol. The Hall–Kier alpha value is -1.51. The van der Waals surface area contributed by atoms with E-state index in [9.17, 15) is 0 Å². The summed E-state index contributed by atoms with van der Waals surface area (Å²) in [5, 5.41) is 0.741. The molecule has 0 aromatic heterocycles. The van der Waals surface area contributed by atoms with Crippen LogP contribution < -0.4 is 4.74 Å². The molecule has 0 saturated heterocycles. The topological polar surface area (TPSA) is 12.5 Å². The van der Waals surface area contributed by atoms with E-state index < -0.39 is 0 Å². The highest BCUT2D eigenvalue weighted by Crippen LogP contribution is 2.17. The lowest BCUT2D eigenvalue weighted by Gasteiger charge is -2.23. The average Bonchev–Trinajstić information content (AvgIpc) is 2.53. The number of hydrogen-bond acceptors (Lipinski definition) is 2. The van der Waals surface area contributed by atoms with Crippen LogP contribution in [0.4, 0.5) is 0 Å². The minimum atomic E-state index is 0.537. The number of benzene rings is 2. The zero-order valence-electron chi connectivity index (χ0n) is 13.6. The molecule has 0 bridgehead atoms. The Labute approximate surface area is 138 Å². The summed E-state index contributed by atoms with van der Waals surface area (Å²) in [6.45, 7) is 6.05. The Kier molecular flexibility index (Phi) is 6.29. The van der Waals surface area contributed by atoms with Crippen molar-refractivity contribution < 1.29 is 4.74 Å². The molecule has 2 nitrogen and oxygen atoms in total. The van der Waals surface area contributed by atoms with Gasteiger partial charge in [-0.25, -0.2) is 0 Å². The van der Waals surface area contributed by atoms with Gasteiger partial charge in [0.1, 0.15) is 12.4 Å². The summed E-state index contributed by atoms with van der Waals surface area (Å²) in [4.78, 5) is 2.35. The van der Waals surface area contributed by atoms with Gasteiger partial charge < -0.3 is 9.64 Å². The first-order valence-corrected chi connectivity index (χ1v) is 8.12. The summed E-state index contributed by atoms with van der Waals surface area (Å²) in [6.07, 6.45) is 1.05. The lowest BCUT2D eigenvalue weighted by Crippen LogP contribution is -2.30. The van der Waals surface area contributed by atoms with Crippen LogP contribution in [-0.2, 0) is 13.0 Å². The highest BCUT2D eigenvalue weighted by molar-refractivity contribution is 6.30. The zero-order chi connectivity index (χ0) is 15.9. The highest BCUT2D eigenvalue weighted by Gasteiger charge is 2.08. The SMILES string of the molecule is CCN(C)[C@H](C)Cc1ccc(OCc2cccc(Cl)c2)cc1. The maximum atomic E-state index is 5.97. The minimum Gasteiger partial charge on any atom is -0.489 e. The summed E-state index contributed by atoms with van der Waals surface area (Å²) >= 11 is 5.97. The van der Waals surface area contributed by atoms with Crippen LogP contribution in [0.25, 0.3) is 0 Å². The zero-order valence-corrected chi connectivity index (χ0v) is 14.3. The molecule has 0 fully saturated rings. The van der Waals surface area contributed by atoms with Crippen molar-refractivity contribution in [1.29, 1.82) is 0 Å². The third-order valence-electron chi connectivity index (χ3n) is 4.00. The van der Waals surface area contributed by atoms with Gasteiger partial charge >= 0.3 is 0 Å². The molecule has 0 unspecified atom stereocenters. The van der Waals surface area contributed by atoms with Gasteiger partial charge in [0, 0.05) is 11.1 Å². The van der Waals surface area contributed by atoms with Crippen LogP contribution >= 0.6 is 11.6 Å². The molecule has 0 saturated carbocycles. The molecule has 0 spiro atoms. The summed E-state index contributed by atoms with van der Waals surface area (Å²) in [5.74, 6) is 0.889. The predicted octanol–water partition coefficient (Wildman–Crippen LogP) is 4.80. The van der Waals surface area contributed by atoms with E-state index in [-0.39, 0.29) is 0 Å². The van der Waals surface area contributed by atoms with E-state index in [1.807, 2.05) is 36.4 Å². The fourth-order valence-corrected chi connectivity index (χ4v) is 2.54. The molecule has 0 aliphatic heterocycles. The Bertz CT molecular complexity index is 582. The Morgan fingerprint density at radius 2 is 1.82 bits per heavy atom. The quantitative estimate of drug-likeness (QED) is 0.727. The average molecular weight is 318 g/mol. The van der Waals surface area contributed by atoms with Crippen LogP contribution in [0.2, 0.25) is 5.02 Å². The van der Waals surface area contributed by atoms with Crippen molar-refractivity contribution in [3.05, 3.63) is 64.7 Å². The molecular formula is C19H24ClNO. The van der Waals surface area contributed by atoms with E-state index in [4.69, 9.17) is 16.3 Å². The van der Waals surface area contributed by atoms with Gasteiger partial charge in [0.25, 0.3) is 0 Å². The van der Waals surface area contributed by atoms with Gasteiger partial charge in [-0.2, -0.15) is 0 Å². The maximum absolute atomic E-state index is 5.97. The van der Waals surface area contributed by atoms with Crippen molar-refractivity contribution >= 4 is 11.6 Å². The van der Waals surface area contributed by atoms with Crippen molar-refractivity contribution in [2.75, 3.05) is 13.6 Å². The predicted molar refractivity (Wildman–Crippen MR) is 93.7 cm³/mol. The van der Waals surface area contributed by atoms with E-state index >= 15 is 0 Å². The lowest BCUT2D eigenvalue weighted by molar-refractivity contribution is 0.269. The van der Waals surface area contributed by atoms with Crippen molar-refractivity contribution in [3.8, 4) is 5.75 Å². The Balaban J connectivity index is 1.89. The maximum Gasteiger partial charge on any atom is 0.119 e. The summed E-state index contributed by atoms with van der Waals surface area (Å²) < 4.78 is 5.81. The number of rotatable bonds is 7. The van der Waals surface area contributed by atoms with Gasteiger partial charge in [-0.3, -0.25) is 0 Å². The summed E-state index contributed by atoms with van der Waals surface area (Å²) in [6, 6.07) is 16.7. The number of hydrogen-bond donors (Lipinski definition) is 0. The van der Waals surface area contributed by atoms with Crippen LogP contribution in [0, 0.1) is 0 Å². The Morgan fingerprint density at radius 3 is 2.45 bits per heavy atom. The van der Waals surface area contributed by atoms with Crippen molar-refractivity contribution in [2.24, 2.45) is 0 Å². The number of ether oxygens (including phenoxy) is 1. The Morgan fingerprint density at radius 1 is 1.09 bits per heavy atom. The molecule has 0 heterocycles. The van der Waals surface area contributed by atoms with Gasteiger partial charge in [0.2, 0.25) is 0 Å². The van der Waals surface area contributed by atoms with E-state index in [2.05, 4.69) is 37.9 Å². The van der Waals surface area contributed by atoms with Crippen molar-refractivity contribution in [1.82, 2.24) is 4.90 Å². The molecule has 2 rings (SSSR count). The summed E-state index contributed by atoms with van der Waals surface area (Å²) in [7, 11) is 2.16. The lowest BCUT2D eigenvalue weighted by atomic mass is 10.1. The first-order chi connectivity index (χ1) is 10.6. The van der Waals surface area contributed by atoms with E-state index in [0.717, 1.165) is 29.3 Å². The second-order valence-corrected chi connectivity index (χ2v) is 6.13. The first-order valence-electron chi connectivity index (χ1n) is 7.75. The number of nitrogens with zero attached hydrogens (tertiary/aromatic N) is 1. The molecule has 0 N–H and O–H groups in total. The molecule has 118 valence electrons. The van der Waals surface area contributed by atoms with Crippen LogP contribution in [0.3, 0.4) is 0 Å². The summed E-state index contributed by atoms with van der Waals surface area (Å²) in [5.41, 5.74) is 2.41. The fraction of sp³-hybridized carbons (Fsp3) is 0.368. The molecule has 2 aromatic rings. The molecule has 3 heteroatoms. The first kappa shape index (κ1) is 16.9. The van der Waals surface area contributed by atoms with E-state index in [0.29, 0.717) is 12.6 Å². The standard InChI is InChI=1S/C19H24ClNO/c1-4-21(3)15(2)12-16-8-10-19(11-9-16)22-14-17-6-5-7-18(20)13-17/h5-11,13,15H,4,12,14H2,1-3H3/t15-/m1/s1. The highest BCUT2D eigenvalue weighted by atomic mass is 35.5. The van der Waals surface area contributed by atoms with Crippen LogP contribution in [0.15, 0.2) is 48.5 Å². The van der Waals surface area contributed by atoms with E-state index in [1.165, 1.54) is 5.56 Å². The van der Waals surface area contributed by atoms with Crippen molar-refractivity contribution in [3.63, 3.8) is 0 Å². The fourth-order valence-electron chi connectivity index (χ4n) is 2.32. The molecule has 0 aliphatic rings.